The molecule has 2 aromatic rings. The fourth-order valence-corrected chi connectivity index (χ4v) is 5.38. The number of ether oxygens (including phenoxy) is 2. The molecule has 0 aromatic carbocycles. The van der Waals surface area contributed by atoms with E-state index in [1.54, 1.807) is 24.2 Å². The summed E-state index contributed by atoms with van der Waals surface area (Å²) < 4.78 is 11.7. The van der Waals surface area contributed by atoms with E-state index >= 15 is 0 Å². The molecule has 4 rings (SSSR count). The molecule has 2 aliphatic heterocycles. The Kier molecular flexibility index (Phi) is 8.75. The molecule has 2 saturated heterocycles. The number of rotatable bonds is 6. The van der Waals surface area contributed by atoms with Crippen molar-refractivity contribution in [1.29, 1.82) is 0 Å². The number of hydroxylamine groups is 2. The maximum absolute atomic E-state index is 13.9. The minimum atomic E-state index is -1.29. The van der Waals surface area contributed by atoms with E-state index in [1.165, 1.54) is 12.0 Å². The van der Waals surface area contributed by atoms with Gasteiger partial charge in [0.15, 0.2) is 6.04 Å². The Morgan fingerprint density at radius 3 is 2.03 bits per heavy atom. The van der Waals surface area contributed by atoms with Gasteiger partial charge in [-0.3, -0.25) is 9.69 Å². The number of nitrogens with one attached hydrogen (secondary N) is 2. The normalized spacial score (nSPS) is 21.1. The van der Waals surface area contributed by atoms with Gasteiger partial charge in [0.25, 0.3) is 5.91 Å². The molecule has 0 bridgehead atoms. The third-order valence-electron chi connectivity index (χ3n) is 6.64. The van der Waals surface area contributed by atoms with Gasteiger partial charge in [0.2, 0.25) is 0 Å². The predicted octanol–water partition coefficient (Wildman–Crippen LogP) is 3.68. The fourth-order valence-electron chi connectivity index (χ4n) is 4.77. The number of likely N-dealkylation sites (tertiary alicyclic amines) is 2. The standard InChI is InChI=1S/C22H29Br2N7O6/c1-12(35-2)17(20(32)29-8-4-6-13(29)18-25-10-15(23)27-18)31(22(34)36-3)37-21(33)30-9-5-7-14(30)19-26-11-16(24)28-19/h10-14,17H,4-9H2,1-3H3,(H,25,27)(H,26,28)/t12-,13-,14-,17-/m0/s1. The number of carbonyl (C=O) groups excluding carboxylic acids is 3. The SMILES string of the molecule is COC(=O)N(OC(=O)N1CCC[C@H]1c1ncc(Br)[nH]1)[C@H](C(=O)N1CCC[C@H]1c1ncc(Br)[nH]1)[C@H](C)OC. The van der Waals surface area contributed by atoms with Crippen LogP contribution in [0.15, 0.2) is 21.6 Å². The third kappa shape index (κ3) is 5.77. The summed E-state index contributed by atoms with van der Waals surface area (Å²) in [6, 6.07) is -1.99. The second-order valence-electron chi connectivity index (χ2n) is 8.81. The summed E-state index contributed by atoms with van der Waals surface area (Å²) in [6.45, 7) is 2.47. The Balaban J connectivity index is 1.59. The number of H-pyrrole nitrogens is 2. The molecule has 2 N–H and O–H groups in total. The predicted molar refractivity (Wildman–Crippen MR) is 136 cm³/mol. The molecule has 0 aliphatic carbocycles. The number of carbonyl (C=O) groups is 3. The number of hydrogen-bond donors (Lipinski definition) is 2. The zero-order valence-corrected chi connectivity index (χ0v) is 23.8. The number of aromatic amines is 2. The van der Waals surface area contributed by atoms with Crippen molar-refractivity contribution in [3.63, 3.8) is 0 Å². The Labute approximate surface area is 230 Å². The number of methoxy groups -OCH3 is 2. The van der Waals surface area contributed by atoms with Crippen LogP contribution < -0.4 is 0 Å². The van der Waals surface area contributed by atoms with Crippen molar-refractivity contribution in [1.82, 2.24) is 34.8 Å². The van der Waals surface area contributed by atoms with Crippen LogP contribution >= 0.6 is 31.9 Å². The first-order valence-corrected chi connectivity index (χ1v) is 13.4. The molecule has 15 heteroatoms. The first-order valence-electron chi connectivity index (χ1n) is 11.8. The maximum atomic E-state index is 13.9. The highest BCUT2D eigenvalue weighted by molar-refractivity contribution is 9.10. The fraction of sp³-hybridized carbons (Fsp3) is 0.591. The Bertz CT molecular complexity index is 1130. The van der Waals surface area contributed by atoms with E-state index in [-0.39, 0.29) is 12.1 Å². The van der Waals surface area contributed by atoms with Gasteiger partial charge < -0.3 is 29.2 Å². The number of imidazole rings is 2. The van der Waals surface area contributed by atoms with Crippen LogP contribution in [0.3, 0.4) is 0 Å². The summed E-state index contributed by atoms with van der Waals surface area (Å²) in [5.41, 5.74) is 0. The van der Waals surface area contributed by atoms with Gasteiger partial charge in [0.05, 0.1) is 37.7 Å². The van der Waals surface area contributed by atoms with E-state index in [1.807, 2.05) is 0 Å². The summed E-state index contributed by atoms with van der Waals surface area (Å²) >= 11 is 6.68. The van der Waals surface area contributed by atoms with Crippen molar-refractivity contribution in [2.45, 2.75) is 56.8 Å². The molecule has 2 aromatic heterocycles. The van der Waals surface area contributed by atoms with Gasteiger partial charge in [-0.25, -0.2) is 19.6 Å². The lowest BCUT2D eigenvalue weighted by molar-refractivity contribution is -0.172. The van der Waals surface area contributed by atoms with Crippen LogP contribution in [0.5, 0.6) is 0 Å². The monoisotopic (exact) mass is 645 g/mol. The molecule has 0 unspecified atom stereocenters. The molecule has 202 valence electrons. The zero-order valence-electron chi connectivity index (χ0n) is 20.6. The Morgan fingerprint density at radius 1 is 1.00 bits per heavy atom. The number of aromatic nitrogens is 4. The van der Waals surface area contributed by atoms with E-state index in [9.17, 15) is 14.4 Å². The topological polar surface area (TPSA) is 146 Å². The van der Waals surface area contributed by atoms with Crippen LogP contribution in [0.4, 0.5) is 9.59 Å². The summed E-state index contributed by atoms with van der Waals surface area (Å²) in [5.74, 6) is 0.761. The van der Waals surface area contributed by atoms with E-state index in [2.05, 4.69) is 51.8 Å². The molecule has 13 nitrogen and oxygen atoms in total. The largest absolute Gasteiger partial charge is 0.451 e. The lowest BCUT2D eigenvalue weighted by Gasteiger charge is -2.36. The molecule has 3 amide bonds. The van der Waals surface area contributed by atoms with Crippen LogP contribution in [-0.4, -0.2) is 92.3 Å². The van der Waals surface area contributed by atoms with Crippen LogP contribution in [0, 0.1) is 0 Å². The van der Waals surface area contributed by atoms with Gasteiger partial charge in [-0.1, -0.05) is 0 Å². The number of nitrogens with zero attached hydrogens (tertiary/aromatic N) is 5. The summed E-state index contributed by atoms with van der Waals surface area (Å²) in [7, 11) is 2.57. The first-order chi connectivity index (χ1) is 17.7. The second-order valence-corrected chi connectivity index (χ2v) is 10.5. The molecule has 0 saturated carbocycles. The third-order valence-corrected chi connectivity index (χ3v) is 7.44. The van der Waals surface area contributed by atoms with Gasteiger partial charge in [0, 0.05) is 20.2 Å². The molecule has 0 spiro atoms. The van der Waals surface area contributed by atoms with Crippen LogP contribution in [-0.2, 0) is 19.1 Å². The number of hydrogen-bond acceptors (Lipinski definition) is 8. The summed E-state index contributed by atoms with van der Waals surface area (Å²) in [4.78, 5) is 63.6. The van der Waals surface area contributed by atoms with E-state index in [4.69, 9.17) is 14.3 Å². The van der Waals surface area contributed by atoms with Crippen molar-refractivity contribution >= 4 is 50.0 Å². The summed E-state index contributed by atoms with van der Waals surface area (Å²) in [5, 5.41) is 0.680. The average Bonchev–Trinajstić information content (AvgIpc) is 3.69. The van der Waals surface area contributed by atoms with Gasteiger partial charge in [0.1, 0.15) is 20.9 Å². The number of amides is 3. The average molecular weight is 647 g/mol. The van der Waals surface area contributed by atoms with Gasteiger partial charge in [-0.2, -0.15) is 0 Å². The smallest absolute Gasteiger partial charge is 0.443 e. The first kappa shape index (κ1) is 27.4. The Morgan fingerprint density at radius 2 is 1.54 bits per heavy atom. The minimum absolute atomic E-state index is 0.332. The van der Waals surface area contributed by atoms with Gasteiger partial charge >= 0.3 is 12.2 Å². The van der Waals surface area contributed by atoms with Gasteiger partial charge in [-0.15, -0.1) is 5.06 Å². The molecule has 4 heterocycles. The highest BCUT2D eigenvalue weighted by Gasteiger charge is 2.46. The van der Waals surface area contributed by atoms with Crippen LogP contribution in [0.2, 0.25) is 0 Å². The molecule has 2 aliphatic rings. The molecule has 0 radical (unpaired) electrons. The highest BCUT2D eigenvalue weighted by Crippen LogP contribution is 2.34. The Hall–Kier alpha value is -2.65. The zero-order chi connectivity index (χ0) is 26.7. The summed E-state index contributed by atoms with van der Waals surface area (Å²) in [6.07, 6.45) is 3.44. The minimum Gasteiger partial charge on any atom is -0.451 e. The molecule has 2 fully saturated rings. The molecule has 4 atom stereocenters. The van der Waals surface area contributed by atoms with Crippen LogP contribution in [0.25, 0.3) is 0 Å². The van der Waals surface area contributed by atoms with Crippen molar-refractivity contribution in [2.75, 3.05) is 27.3 Å². The molecular formula is C22H29Br2N7O6. The maximum Gasteiger partial charge on any atom is 0.443 e. The van der Waals surface area contributed by atoms with Gasteiger partial charge in [-0.05, 0) is 64.5 Å². The van der Waals surface area contributed by atoms with Crippen molar-refractivity contribution in [2.24, 2.45) is 0 Å². The second kappa shape index (κ2) is 11.8. The highest BCUT2D eigenvalue weighted by atomic mass is 79.9. The molecular weight excluding hydrogens is 618 g/mol. The van der Waals surface area contributed by atoms with Crippen molar-refractivity contribution in [3.8, 4) is 0 Å². The lowest BCUT2D eigenvalue weighted by Crippen LogP contribution is -2.57. The van der Waals surface area contributed by atoms with Crippen molar-refractivity contribution in [3.05, 3.63) is 33.2 Å². The number of halogens is 2. The van der Waals surface area contributed by atoms with E-state index < -0.39 is 30.2 Å². The van der Waals surface area contributed by atoms with E-state index in [0.717, 1.165) is 20.0 Å². The lowest BCUT2D eigenvalue weighted by atomic mass is 10.1. The van der Waals surface area contributed by atoms with E-state index in [0.29, 0.717) is 51.8 Å². The van der Waals surface area contributed by atoms with Crippen molar-refractivity contribution < 1.29 is 28.7 Å². The molecule has 37 heavy (non-hydrogen) atoms. The van der Waals surface area contributed by atoms with Crippen LogP contribution in [0.1, 0.15) is 56.3 Å². The quantitative estimate of drug-likeness (QED) is 0.452.